The maximum atomic E-state index is 12.1. The molecule has 0 bridgehead atoms. The van der Waals surface area contributed by atoms with Gasteiger partial charge in [-0.25, -0.2) is 4.98 Å². The Bertz CT molecular complexity index is 568. The lowest BCUT2D eigenvalue weighted by molar-refractivity contribution is -0.136. The zero-order valence-corrected chi connectivity index (χ0v) is 13.7. The van der Waals surface area contributed by atoms with Crippen LogP contribution in [0, 0.1) is 0 Å². The fourth-order valence-electron chi connectivity index (χ4n) is 2.45. The van der Waals surface area contributed by atoms with Crippen molar-refractivity contribution in [2.24, 2.45) is 0 Å². The van der Waals surface area contributed by atoms with Gasteiger partial charge in [0, 0.05) is 32.8 Å². The molecule has 0 saturated carbocycles. The van der Waals surface area contributed by atoms with E-state index in [0.29, 0.717) is 41.9 Å². The summed E-state index contributed by atoms with van der Waals surface area (Å²) in [6.07, 6.45) is 3.07. The Balaban J connectivity index is 1.76. The number of amides is 2. The van der Waals surface area contributed by atoms with Crippen molar-refractivity contribution in [3.05, 3.63) is 22.3 Å². The third kappa shape index (κ3) is 4.24. The molecule has 0 aromatic carbocycles. The van der Waals surface area contributed by atoms with Crippen LogP contribution in [0.4, 0.5) is 5.82 Å². The number of likely N-dealkylation sites (tertiary alicyclic amines) is 1. The number of carbonyl (C=O) groups is 2. The minimum atomic E-state index is -0.352. The van der Waals surface area contributed by atoms with Gasteiger partial charge in [0.15, 0.2) is 0 Å². The van der Waals surface area contributed by atoms with Crippen LogP contribution in [0.1, 0.15) is 19.8 Å². The van der Waals surface area contributed by atoms with Gasteiger partial charge in [-0.2, -0.15) is 0 Å². The molecule has 1 aromatic rings. The van der Waals surface area contributed by atoms with Crippen LogP contribution in [-0.4, -0.2) is 47.4 Å². The van der Waals surface area contributed by atoms with Gasteiger partial charge in [0.2, 0.25) is 11.8 Å². The molecule has 1 saturated heterocycles. The Morgan fingerprint density at radius 2 is 2.18 bits per heavy atom. The fourth-order valence-corrected chi connectivity index (χ4v) is 2.89. The van der Waals surface area contributed by atoms with Crippen molar-refractivity contribution in [2.75, 3.05) is 25.0 Å². The highest BCUT2D eigenvalue weighted by Crippen LogP contribution is 2.22. The molecule has 0 aliphatic carbocycles. The molecule has 0 spiro atoms. The lowest BCUT2D eigenvalue weighted by Crippen LogP contribution is -2.46. The summed E-state index contributed by atoms with van der Waals surface area (Å²) >= 11 is 11.8. The predicted molar refractivity (Wildman–Crippen MR) is 86.2 cm³/mol. The van der Waals surface area contributed by atoms with E-state index in [-0.39, 0.29) is 17.9 Å². The Morgan fingerprint density at radius 1 is 1.41 bits per heavy atom. The number of nitrogens with zero attached hydrogens (tertiary/aromatic N) is 2. The summed E-state index contributed by atoms with van der Waals surface area (Å²) < 4.78 is 0. The second-order valence-electron chi connectivity index (χ2n) is 5.07. The number of anilines is 1. The van der Waals surface area contributed by atoms with Gasteiger partial charge >= 0.3 is 0 Å². The van der Waals surface area contributed by atoms with Gasteiger partial charge in [0.05, 0.1) is 10.0 Å². The molecule has 2 heterocycles. The number of nitrogens with one attached hydrogen (secondary N) is 2. The van der Waals surface area contributed by atoms with Crippen LogP contribution in [0.5, 0.6) is 0 Å². The van der Waals surface area contributed by atoms with Gasteiger partial charge in [-0.05, 0) is 18.9 Å². The van der Waals surface area contributed by atoms with Gasteiger partial charge < -0.3 is 15.5 Å². The van der Waals surface area contributed by atoms with Crippen LogP contribution in [0.15, 0.2) is 12.3 Å². The summed E-state index contributed by atoms with van der Waals surface area (Å²) in [6, 6.07) is 1.25. The maximum absolute atomic E-state index is 12.1. The number of hydrogen-bond acceptors (Lipinski definition) is 4. The highest BCUT2D eigenvalue weighted by Gasteiger charge is 2.31. The van der Waals surface area contributed by atoms with Crippen molar-refractivity contribution in [3.8, 4) is 0 Å². The first-order valence-corrected chi connectivity index (χ1v) is 7.84. The minimum absolute atomic E-state index is 0.0621. The molecule has 1 aliphatic rings. The quantitative estimate of drug-likeness (QED) is 0.800. The van der Waals surface area contributed by atoms with E-state index >= 15 is 0 Å². The van der Waals surface area contributed by atoms with E-state index in [2.05, 4.69) is 15.6 Å². The molecule has 1 aliphatic heterocycles. The number of aromatic nitrogens is 1. The van der Waals surface area contributed by atoms with Crippen LogP contribution < -0.4 is 10.6 Å². The first-order valence-electron chi connectivity index (χ1n) is 7.09. The van der Waals surface area contributed by atoms with Crippen LogP contribution in [0.3, 0.4) is 0 Å². The van der Waals surface area contributed by atoms with Crippen LogP contribution in [0.25, 0.3) is 0 Å². The molecule has 1 unspecified atom stereocenters. The fraction of sp³-hybridized carbons (Fsp3) is 0.500. The van der Waals surface area contributed by atoms with Crippen LogP contribution >= 0.6 is 23.2 Å². The smallest absolute Gasteiger partial charge is 0.242 e. The second kappa shape index (κ2) is 7.65. The summed E-state index contributed by atoms with van der Waals surface area (Å²) in [6.45, 7) is 3.03. The topological polar surface area (TPSA) is 74.3 Å². The highest BCUT2D eigenvalue weighted by molar-refractivity contribution is 6.35. The summed E-state index contributed by atoms with van der Waals surface area (Å²) in [5, 5.41) is 6.74. The molecule has 2 rings (SSSR count). The van der Waals surface area contributed by atoms with Crippen LogP contribution in [0.2, 0.25) is 10.0 Å². The number of carbonyl (C=O) groups excluding carboxylic acids is 2. The van der Waals surface area contributed by atoms with Gasteiger partial charge in [-0.3, -0.25) is 9.59 Å². The van der Waals surface area contributed by atoms with Crippen molar-refractivity contribution in [1.29, 1.82) is 0 Å². The van der Waals surface area contributed by atoms with Crippen molar-refractivity contribution < 1.29 is 9.59 Å². The Labute approximate surface area is 139 Å². The zero-order valence-electron chi connectivity index (χ0n) is 12.2. The molecule has 22 heavy (non-hydrogen) atoms. The van der Waals surface area contributed by atoms with Gasteiger partial charge in [0.25, 0.3) is 0 Å². The van der Waals surface area contributed by atoms with E-state index < -0.39 is 0 Å². The van der Waals surface area contributed by atoms with Crippen molar-refractivity contribution in [3.63, 3.8) is 0 Å². The Kier molecular flexibility index (Phi) is 5.85. The van der Waals surface area contributed by atoms with Gasteiger partial charge in [-0.15, -0.1) is 0 Å². The van der Waals surface area contributed by atoms with E-state index in [1.165, 1.54) is 13.1 Å². The molecule has 6 nitrogen and oxygen atoms in total. The van der Waals surface area contributed by atoms with Crippen molar-refractivity contribution in [2.45, 2.75) is 25.8 Å². The minimum Gasteiger partial charge on any atom is -0.367 e. The van der Waals surface area contributed by atoms with E-state index in [4.69, 9.17) is 23.2 Å². The Hall–Kier alpha value is -1.53. The van der Waals surface area contributed by atoms with Crippen LogP contribution in [-0.2, 0) is 9.59 Å². The molecule has 1 fully saturated rings. The molecule has 1 atom stereocenters. The molecule has 1 aromatic heterocycles. The lowest BCUT2D eigenvalue weighted by Gasteiger charge is -2.22. The summed E-state index contributed by atoms with van der Waals surface area (Å²) in [5.41, 5.74) is 0. The lowest BCUT2D eigenvalue weighted by atomic mass is 10.2. The number of rotatable bonds is 5. The second-order valence-corrected chi connectivity index (χ2v) is 5.92. The molecule has 8 heteroatoms. The monoisotopic (exact) mass is 344 g/mol. The van der Waals surface area contributed by atoms with E-state index in [0.717, 1.165) is 6.42 Å². The number of halogens is 2. The molecule has 0 radical (unpaired) electrons. The first kappa shape index (κ1) is 16.8. The maximum Gasteiger partial charge on any atom is 0.242 e. The standard InChI is InChI=1S/C14H18Cl2N4O2/c1-9(21)20-6-2-3-12(20)14(22)18-5-4-17-13-11(16)7-10(15)8-19-13/h7-8,12H,2-6H2,1H3,(H,17,19)(H,18,22). The summed E-state index contributed by atoms with van der Waals surface area (Å²) in [7, 11) is 0. The van der Waals surface area contributed by atoms with E-state index in [9.17, 15) is 9.59 Å². The van der Waals surface area contributed by atoms with Gasteiger partial charge in [0.1, 0.15) is 11.9 Å². The van der Waals surface area contributed by atoms with Crippen molar-refractivity contribution >= 4 is 40.8 Å². The molecule has 2 amide bonds. The third-order valence-corrected chi connectivity index (χ3v) is 3.98. The summed E-state index contributed by atoms with van der Waals surface area (Å²) in [5.74, 6) is 0.337. The molecular weight excluding hydrogens is 327 g/mol. The summed E-state index contributed by atoms with van der Waals surface area (Å²) in [4.78, 5) is 29.2. The highest BCUT2D eigenvalue weighted by atomic mass is 35.5. The van der Waals surface area contributed by atoms with Gasteiger partial charge in [-0.1, -0.05) is 23.2 Å². The van der Waals surface area contributed by atoms with Crippen molar-refractivity contribution in [1.82, 2.24) is 15.2 Å². The first-order chi connectivity index (χ1) is 10.5. The Morgan fingerprint density at radius 3 is 2.86 bits per heavy atom. The largest absolute Gasteiger partial charge is 0.367 e. The van der Waals surface area contributed by atoms with E-state index in [1.807, 2.05) is 0 Å². The third-order valence-electron chi connectivity index (χ3n) is 3.48. The number of hydrogen-bond donors (Lipinski definition) is 2. The average Bonchev–Trinajstić information content (AvgIpc) is 2.95. The zero-order chi connectivity index (χ0) is 16.1. The molecule has 2 N–H and O–H groups in total. The predicted octanol–water partition coefficient (Wildman–Crippen LogP) is 1.93. The SMILES string of the molecule is CC(=O)N1CCCC1C(=O)NCCNc1ncc(Cl)cc1Cl. The number of pyridine rings is 1. The molecular formula is C14H18Cl2N4O2. The van der Waals surface area contributed by atoms with E-state index in [1.54, 1.807) is 11.0 Å². The average molecular weight is 345 g/mol. The molecule has 120 valence electrons. The normalized spacial score (nSPS) is 17.4.